The fraction of sp³-hybridized carbons (Fsp3) is 0.867. The summed E-state index contributed by atoms with van der Waals surface area (Å²) in [7, 11) is 0. The number of hydrogen-bond donors (Lipinski definition) is 0. The number of ether oxygens (including phenoxy) is 1. The third kappa shape index (κ3) is 6.71. The number of carbonyl (C=O) groups is 2. The molecule has 0 aromatic rings. The quantitative estimate of drug-likeness (QED) is 0.572. The van der Waals surface area contributed by atoms with Crippen LogP contribution in [0.25, 0.3) is 0 Å². The van der Waals surface area contributed by atoms with Gasteiger partial charge in [-0.3, -0.25) is 14.5 Å². The predicted octanol–water partition coefficient (Wildman–Crippen LogP) is 3.25. The lowest BCUT2D eigenvalue weighted by atomic mass is 10.1. The molecule has 0 atom stereocenters. The lowest BCUT2D eigenvalue weighted by Gasteiger charge is -2.11. The fourth-order valence-corrected chi connectivity index (χ4v) is 2.31. The molecule has 4 heteroatoms. The highest BCUT2D eigenvalue weighted by molar-refractivity contribution is 5.96. The number of unbranched alkanes of at least 4 members (excludes halogenated alkanes) is 8. The Bertz CT molecular complexity index is 279. The Morgan fingerprint density at radius 2 is 1.63 bits per heavy atom. The Labute approximate surface area is 116 Å². The first-order chi connectivity index (χ1) is 9.25. The van der Waals surface area contributed by atoms with Crippen molar-refractivity contribution in [2.45, 2.75) is 71.1 Å². The van der Waals surface area contributed by atoms with E-state index in [1.54, 1.807) is 0 Å². The summed E-state index contributed by atoms with van der Waals surface area (Å²) >= 11 is 0. The molecule has 0 spiro atoms. The van der Waals surface area contributed by atoms with Crippen LogP contribution in [0.5, 0.6) is 0 Å². The first-order valence-corrected chi connectivity index (χ1v) is 7.66. The topological polar surface area (TPSA) is 46.6 Å². The van der Waals surface area contributed by atoms with Crippen molar-refractivity contribution in [2.24, 2.45) is 0 Å². The average Bonchev–Trinajstić information content (AvgIpc) is 2.83. The number of rotatable bonds is 10. The SMILES string of the molecule is CCCCCCCCCCCC(=O)N1COCC1=O. The van der Waals surface area contributed by atoms with E-state index in [9.17, 15) is 9.59 Å². The van der Waals surface area contributed by atoms with Crippen molar-refractivity contribution in [3.8, 4) is 0 Å². The smallest absolute Gasteiger partial charge is 0.257 e. The van der Waals surface area contributed by atoms with Crippen molar-refractivity contribution in [2.75, 3.05) is 13.3 Å². The molecule has 0 saturated carbocycles. The van der Waals surface area contributed by atoms with Gasteiger partial charge in [0.2, 0.25) is 5.91 Å². The van der Waals surface area contributed by atoms with Gasteiger partial charge >= 0.3 is 0 Å². The van der Waals surface area contributed by atoms with Gasteiger partial charge in [0, 0.05) is 6.42 Å². The highest BCUT2D eigenvalue weighted by Gasteiger charge is 2.26. The minimum atomic E-state index is -0.194. The summed E-state index contributed by atoms with van der Waals surface area (Å²) in [5.41, 5.74) is 0. The number of hydrogen-bond acceptors (Lipinski definition) is 3. The summed E-state index contributed by atoms with van der Waals surface area (Å²) in [4.78, 5) is 24.2. The van der Waals surface area contributed by atoms with Crippen LogP contribution in [0.3, 0.4) is 0 Å². The summed E-state index contributed by atoms with van der Waals surface area (Å²) in [6, 6.07) is 0. The summed E-state index contributed by atoms with van der Waals surface area (Å²) in [6.07, 6.45) is 11.6. The van der Waals surface area contributed by atoms with Crippen molar-refractivity contribution in [3.63, 3.8) is 0 Å². The summed E-state index contributed by atoms with van der Waals surface area (Å²) in [5, 5.41) is 0. The molecule has 1 aliphatic rings. The average molecular weight is 269 g/mol. The second-order valence-electron chi connectivity index (χ2n) is 5.27. The van der Waals surface area contributed by atoms with Crippen LogP contribution in [0.4, 0.5) is 0 Å². The Morgan fingerprint density at radius 1 is 1.05 bits per heavy atom. The molecule has 0 aliphatic carbocycles. The zero-order valence-corrected chi connectivity index (χ0v) is 12.2. The van der Waals surface area contributed by atoms with E-state index < -0.39 is 0 Å². The second-order valence-corrected chi connectivity index (χ2v) is 5.27. The fourth-order valence-electron chi connectivity index (χ4n) is 2.31. The molecule has 0 N–H and O–H groups in total. The zero-order chi connectivity index (χ0) is 13.9. The van der Waals surface area contributed by atoms with Crippen LogP contribution in [-0.4, -0.2) is 30.1 Å². The van der Waals surface area contributed by atoms with Gasteiger partial charge in [-0.1, -0.05) is 58.3 Å². The summed E-state index contributed by atoms with van der Waals surface area (Å²) < 4.78 is 4.94. The van der Waals surface area contributed by atoms with Gasteiger partial charge in [0.15, 0.2) is 0 Å². The van der Waals surface area contributed by atoms with E-state index >= 15 is 0 Å². The molecule has 1 aliphatic heterocycles. The maximum absolute atomic E-state index is 11.7. The van der Waals surface area contributed by atoms with E-state index in [1.807, 2.05) is 0 Å². The first-order valence-electron chi connectivity index (χ1n) is 7.66. The molecule has 1 heterocycles. The maximum Gasteiger partial charge on any atom is 0.257 e. The van der Waals surface area contributed by atoms with Gasteiger partial charge in [-0.25, -0.2) is 0 Å². The van der Waals surface area contributed by atoms with Crippen LogP contribution >= 0.6 is 0 Å². The third-order valence-corrected chi connectivity index (χ3v) is 3.54. The number of imide groups is 1. The number of carbonyl (C=O) groups excluding carboxylic acids is 2. The normalized spacial score (nSPS) is 15.2. The molecule has 1 saturated heterocycles. The van der Waals surface area contributed by atoms with Gasteiger partial charge < -0.3 is 4.74 Å². The maximum atomic E-state index is 11.7. The van der Waals surface area contributed by atoms with E-state index in [0.717, 1.165) is 12.8 Å². The molecular formula is C15H27NO3. The van der Waals surface area contributed by atoms with Crippen molar-refractivity contribution in [1.82, 2.24) is 4.90 Å². The molecular weight excluding hydrogens is 242 g/mol. The molecule has 0 aromatic heterocycles. The molecule has 0 bridgehead atoms. The van der Waals surface area contributed by atoms with Gasteiger partial charge in [0.25, 0.3) is 5.91 Å². The molecule has 19 heavy (non-hydrogen) atoms. The van der Waals surface area contributed by atoms with E-state index in [2.05, 4.69) is 6.92 Å². The van der Waals surface area contributed by atoms with Crippen LogP contribution in [0.2, 0.25) is 0 Å². The molecule has 1 rings (SSSR count). The Balaban J connectivity index is 1.90. The Hall–Kier alpha value is -0.900. The van der Waals surface area contributed by atoms with E-state index in [4.69, 9.17) is 4.74 Å². The zero-order valence-electron chi connectivity index (χ0n) is 12.2. The molecule has 0 aromatic carbocycles. The largest absolute Gasteiger partial charge is 0.351 e. The predicted molar refractivity (Wildman–Crippen MR) is 74.5 cm³/mol. The van der Waals surface area contributed by atoms with Crippen LogP contribution in [0.15, 0.2) is 0 Å². The summed E-state index contributed by atoms with van der Waals surface area (Å²) in [6.45, 7) is 2.44. The van der Waals surface area contributed by atoms with Crippen molar-refractivity contribution >= 4 is 11.8 Å². The minimum absolute atomic E-state index is 0.0590. The molecule has 110 valence electrons. The van der Waals surface area contributed by atoms with Crippen molar-refractivity contribution in [3.05, 3.63) is 0 Å². The van der Waals surface area contributed by atoms with Gasteiger partial charge in [-0.05, 0) is 6.42 Å². The summed E-state index contributed by atoms with van der Waals surface area (Å²) in [5.74, 6) is -0.272. The number of amides is 2. The minimum Gasteiger partial charge on any atom is -0.351 e. The first kappa shape index (κ1) is 16.2. The molecule has 0 unspecified atom stereocenters. The van der Waals surface area contributed by atoms with Gasteiger partial charge in [-0.2, -0.15) is 0 Å². The monoisotopic (exact) mass is 269 g/mol. The van der Waals surface area contributed by atoms with Crippen LogP contribution in [-0.2, 0) is 14.3 Å². The van der Waals surface area contributed by atoms with Crippen LogP contribution < -0.4 is 0 Å². The lowest BCUT2D eigenvalue weighted by molar-refractivity contribution is -0.141. The van der Waals surface area contributed by atoms with E-state index in [1.165, 1.54) is 49.8 Å². The molecule has 1 fully saturated rings. The molecule has 2 amide bonds. The highest BCUT2D eigenvalue weighted by Crippen LogP contribution is 2.12. The Morgan fingerprint density at radius 3 is 2.16 bits per heavy atom. The van der Waals surface area contributed by atoms with Gasteiger partial charge in [0.05, 0.1) is 0 Å². The number of nitrogens with zero attached hydrogens (tertiary/aromatic N) is 1. The van der Waals surface area contributed by atoms with Gasteiger partial charge in [0.1, 0.15) is 13.3 Å². The standard InChI is InChI=1S/C15H27NO3/c1-2-3-4-5-6-7-8-9-10-11-14(17)16-13-19-12-15(16)18/h2-13H2,1H3. The van der Waals surface area contributed by atoms with Crippen molar-refractivity contribution < 1.29 is 14.3 Å². The molecule has 0 radical (unpaired) electrons. The van der Waals surface area contributed by atoms with E-state index in [-0.39, 0.29) is 25.2 Å². The van der Waals surface area contributed by atoms with Crippen LogP contribution in [0.1, 0.15) is 71.1 Å². The van der Waals surface area contributed by atoms with E-state index in [0.29, 0.717) is 6.42 Å². The molecule has 4 nitrogen and oxygen atoms in total. The lowest BCUT2D eigenvalue weighted by Crippen LogP contribution is -2.32. The van der Waals surface area contributed by atoms with Crippen molar-refractivity contribution in [1.29, 1.82) is 0 Å². The second kappa shape index (κ2) is 9.96. The van der Waals surface area contributed by atoms with Gasteiger partial charge in [-0.15, -0.1) is 0 Å². The highest BCUT2D eigenvalue weighted by atomic mass is 16.5. The third-order valence-electron chi connectivity index (χ3n) is 3.54. The van der Waals surface area contributed by atoms with Crippen LogP contribution in [0, 0.1) is 0 Å². The Kier molecular flexibility index (Phi) is 8.47.